The van der Waals surface area contributed by atoms with E-state index in [2.05, 4.69) is 15.3 Å². The fraction of sp³-hybridized carbons (Fsp3) is 0.692. The number of aliphatic hydroxyl groups is 1. The van der Waals surface area contributed by atoms with Gasteiger partial charge < -0.3 is 15.3 Å². The molecule has 1 saturated carbocycles. The molecule has 106 valence electrons. The molecule has 5 nitrogen and oxygen atoms in total. The van der Waals surface area contributed by atoms with E-state index in [1.807, 2.05) is 11.8 Å². The van der Waals surface area contributed by atoms with Gasteiger partial charge in [-0.2, -0.15) is 4.98 Å². The summed E-state index contributed by atoms with van der Waals surface area (Å²) >= 11 is 0. The van der Waals surface area contributed by atoms with E-state index in [0.29, 0.717) is 24.9 Å². The van der Waals surface area contributed by atoms with Gasteiger partial charge in [-0.3, -0.25) is 0 Å². The number of nitrogens with one attached hydrogen (secondary N) is 1. The molecule has 2 N–H and O–H groups in total. The first kappa shape index (κ1) is 14.0. The van der Waals surface area contributed by atoms with Crippen molar-refractivity contribution in [2.24, 2.45) is 0 Å². The van der Waals surface area contributed by atoms with Crippen LogP contribution in [0.3, 0.4) is 0 Å². The van der Waals surface area contributed by atoms with Crippen LogP contribution < -0.4 is 10.2 Å². The van der Waals surface area contributed by atoms with Crippen LogP contribution in [0.15, 0.2) is 6.20 Å². The zero-order valence-corrected chi connectivity index (χ0v) is 11.3. The van der Waals surface area contributed by atoms with Crippen molar-refractivity contribution < 1.29 is 9.50 Å². The molecule has 0 radical (unpaired) electrons. The van der Waals surface area contributed by atoms with Crippen LogP contribution in [0.2, 0.25) is 0 Å². The molecular weight excluding hydrogens is 247 g/mol. The Kier molecular flexibility index (Phi) is 4.90. The van der Waals surface area contributed by atoms with Gasteiger partial charge in [-0.05, 0) is 19.8 Å². The van der Waals surface area contributed by atoms with E-state index in [0.717, 1.165) is 25.7 Å². The van der Waals surface area contributed by atoms with Gasteiger partial charge in [0.1, 0.15) is 0 Å². The number of aliphatic hydroxyl groups excluding tert-OH is 1. The molecule has 19 heavy (non-hydrogen) atoms. The van der Waals surface area contributed by atoms with E-state index in [-0.39, 0.29) is 12.6 Å². The molecule has 0 atom stereocenters. The molecule has 1 aromatic heterocycles. The molecule has 1 fully saturated rings. The highest BCUT2D eigenvalue weighted by molar-refractivity contribution is 5.45. The van der Waals surface area contributed by atoms with Crippen LogP contribution >= 0.6 is 0 Å². The molecule has 0 unspecified atom stereocenters. The summed E-state index contributed by atoms with van der Waals surface area (Å²) in [5.74, 6) is 0.300. The van der Waals surface area contributed by atoms with Gasteiger partial charge in [-0.1, -0.05) is 12.8 Å². The van der Waals surface area contributed by atoms with E-state index in [4.69, 9.17) is 0 Å². The molecule has 0 amide bonds. The maximum Gasteiger partial charge on any atom is 0.224 e. The van der Waals surface area contributed by atoms with Crippen molar-refractivity contribution in [2.45, 2.75) is 38.6 Å². The first-order valence-corrected chi connectivity index (χ1v) is 6.90. The first-order valence-electron chi connectivity index (χ1n) is 6.90. The number of hydrogen-bond donors (Lipinski definition) is 2. The third kappa shape index (κ3) is 3.32. The van der Waals surface area contributed by atoms with Crippen molar-refractivity contribution in [1.29, 1.82) is 0 Å². The smallest absolute Gasteiger partial charge is 0.224 e. The van der Waals surface area contributed by atoms with Crippen LogP contribution in [0.4, 0.5) is 16.2 Å². The summed E-state index contributed by atoms with van der Waals surface area (Å²) in [6, 6.07) is 0.269. The lowest BCUT2D eigenvalue weighted by molar-refractivity contribution is 0.296. The predicted molar refractivity (Wildman–Crippen MR) is 72.8 cm³/mol. The van der Waals surface area contributed by atoms with Gasteiger partial charge in [0.05, 0.1) is 12.8 Å². The van der Waals surface area contributed by atoms with Crippen LogP contribution in [-0.4, -0.2) is 40.8 Å². The third-order valence-corrected chi connectivity index (χ3v) is 3.44. The predicted octanol–water partition coefficient (Wildman–Crippen LogP) is 1.79. The molecule has 0 spiro atoms. The van der Waals surface area contributed by atoms with Crippen molar-refractivity contribution in [2.75, 3.05) is 29.9 Å². The maximum atomic E-state index is 14.0. The van der Waals surface area contributed by atoms with Crippen molar-refractivity contribution in [3.8, 4) is 0 Å². The molecule has 1 aromatic rings. The summed E-state index contributed by atoms with van der Waals surface area (Å²) in [4.78, 5) is 10.0. The van der Waals surface area contributed by atoms with Crippen LogP contribution in [0.1, 0.15) is 32.6 Å². The summed E-state index contributed by atoms with van der Waals surface area (Å²) in [6.45, 7) is 3.03. The standard InChI is InChI=1S/C13H21FN4O/c1-2-15-13-16-9-11(14)12(17-13)18(7-8-19)10-5-3-4-6-10/h9-10,19H,2-8H2,1H3,(H,15,16,17). The first-order chi connectivity index (χ1) is 9.26. The summed E-state index contributed by atoms with van der Waals surface area (Å²) in [7, 11) is 0. The second-order valence-electron chi connectivity index (χ2n) is 4.75. The van der Waals surface area contributed by atoms with E-state index >= 15 is 0 Å². The highest BCUT2D eigenvalue weighted by atomic mass is 19.1. The number of aromatic nitrogens is 2. The quantitative estimate of drug-likeness (QED) is 0.823. The number of hydrogen-bond acceptors (Lipinski definition) is 5. The Morgan fingerprint density at radius 3 is 2.84 bits per heavy atom. The minimum Gasteiger partial charge on any atom is -0.395 e. The fourth-order valence-electron chi connectivity index (χ4n) is 2.59. The highest BCUT2D eigenvalue weighted by Gasteiger charge is 2.26. The second-order valence-corrected chi connectivity index (χ2v) is 4.75. The molecule has 0 saturated heterocycles. The Balaban J connectivity index is 2.25. The minimum absolute atomic E-state index is 0.00349. The zero-order valence-electron chi connectivity index (χ0n) is 11.3. The topological polar surface area (TPSA) is 61.3 Å². The Hall–Kier alpha value is -1.43. The molecule has 2 rings (SSSR count). The van der Waals surface area contributed by atoms with E-state index in [1.165, 1.54) is 6.20 Å². The van der Waals surface area contributed by atoms with Crippen LogP contribution in [0.25, 0.3) is 0 Å². The molecule has 6 heteroatoms. The Morgan fingerprint density at radius 1 is 1.47 bits per heavy atom. The maximum absolute atomic E-state index is 14.0. The van der Waals surface area contributed by atoms with Gasteiger partial charge in [0, 0.05) is 19.1 Å². The molecule has 1 aliphatic rings. The summed E-state index contributed by atoms with van der Waals surface area (Å²) < 4.78 is 14.0. The Morgan fingerprint density at radius 2 is 2.21 bits per heavy atom. The van der Waals surface area contributed by atoms with Gasteiger partial charge in [0.2, 0.25) is 5.95 Å². The fourth-order valence-corrected chi connectivity index (χ4v) is 2.59. The average molecular weight is 268 g/mol. The molecule has 0 bridgehead atoms. The third-order valence-electron chi connectivity index (χ3n) is 3.44. The van der Waals surface area contributed by atoms with E-state index in [1.54, 1.807) is 0 Å². The number of halogens is 1. The number of rotatable bonds is 6. The van der Waals surface area contributed by atoms with Gasteiger partial charge in [0.25, 0.3) is 0 Å². The minimum atomic E-state index is -0.429. The van der Waals surface area contributed by atoms with Gasteiger partial charge in [-0.25, -0.2) is 9.37 Å². The van der Waals surface area contributed by atoms with Crippen molar-refractivity contribution in [1.82, 2.24) is 9.97 Å². The normalized spacial score (nSPS) is 15.7. The molecule has 1 aliphatic carbocycles. The van der Waals surface area contributed by atoms with Crippen molar-refractivity contribution in [3.63, 3.8) is 0 Å². The molecular formula is C13H21FN4O. The molecule has 0 aromatic carbocycles. The lowest BCUT2D eigenvalue weighted by Crippen LogP contribution is -2.37. The monoisotopic (exact) mass is 268 g/mol. The largest absolute Gasteiger partial charge is 0.395 e. The van der Waals surface area contributed by atoms with Gasteiger partial charge in [-0.15, -0.1) is 0 Å². The second kappa shape index (κ2) is 6.65. The number of anilines is 2. The van der Waals surface area contributed by atoms with Gasteiger partial charge >= 0.3 is 0 Å². The van der Waals surface area contributed by atoms with E-state index < -0.39 is 5.82 Å². The number of nitrogens with zero attached hydrogens (tertiary/aromatic N) is 3. The lowest BCUT2D eigenvalue weighted by atomic mass is 10.2. The van der Waals surface area contributed by atoms with Crippen molar-refractivity contribution in [3.05, 3.63) is 12.0 Å². The molecule has 1 heterocycles. The average Bonchev–Trinajstić information content (AvgIpc) is 2.93. The van der Waals surface area contributed by atoms with Crippen molar-refractivity contribution >= 4 is 11.8 Å². The summed E-state index contributed by atoms with van der Waals surface area (Å²) in [5.41, 5.74) is 0. The highest BCUT2D eigenvalue weighted by Crippen LogP contribution is 2.28. The molecule has 0 aliphatic heterocycles. The Labute approximate surface area is 112 Å². The SMILES string of the molecule is CCNc1ncc(F)c(N(CCO)C2CCCC2)n1. The zero-order chi connectivity index (χ0) is 13.7. The summed E-state index contributed by atoms with van der Waals surface area (Å²) in [6.07, 6.45) is 5.55. The van der Waals surface area contributed by atoms with Gasteiger partial charge in [0.15, 0.2) is 11.6 Å². The van der Waals surface area contributed by atoms with Crippen LogP contribution in [0, 0.1) is 5.82 Å². The van der Waals surface area contributed by atoms with Crippen LogP contribution in [0.5, 0.6) is 0 Å². The van der Waals surface area contributed by atoms with Crippen LogP contribution in [-0.2, 0) is 0 Å². The summed E-state index contributed by atoms with van der Waals surface area (Å²) in [5, 5.41) is 12.2. The Bertz CT molecular complexity index is 410. The van der Waals surface area contributed by atoms with E-state index in [9.17, 15) is 9.50 Å². The lowest BCUT2D eigenvalue weighted by Gasteiger charge is -2.29.